The van der Waals surface area contributed by atoms with Gasteiger partial charge in [-0.3, -0.25) is 0 Å². The largest absolute Gasteiger partial charge is 0.381 e. The van der Waals surface area contributed by atoms with Gasteiger partial charge in [0.15, 0.2) is 0 Å². The minimum Gasteiger partial charge on any atom is -0.381 e. The molecule has 0 bridgehead atoms. The lowest BCUT2D eigenvalue weighted by Gasteiger charge is -2.07. The number of methoxy groups -OCH3 is 1. The molecule has 0 heterocycles. The number of rotatable bonds is 5. The van der Waals surface area contributed by atoms with Crippen molar-refractivity contribution in [1.29, 1.82) is 0 Å². The van der Waals surface area contributed by atoms with Crippen molar-refractivity contribution in [3.05, 3.63) is 64.7 Å². The molecule has 0 aliphatic heterocycles. The summed E-state index contributed by atoms with van der Waals surface area (Å²) in [6, 6.07) is 16.1. The van der Waals surface area contributed by atoms with E-state index >= 15 is 0 Å². The first-order valence-electron chi connectivity index (χ1n) is 5.84. The van der Waals surface area contributed by atoms with E-state index in [0.717, 1.165) is 17.3 Å². The van der Waals surface area contributed by atoms with E-state index in [0.29, 0.717) is 6.61 Å². The van der Waals surface area contributed by atoms with Crippen LogP contribution in [0.2, 0.25) is 5.02 Å². The highest BCUT2D eigenvalue weighted by Crippen LogP contribution is 2.16. The van der Waals surface area contributed by atoms with Gasteiger partial charge in [0.2, 0.25) is 0 Å². The molecule has 2 aromatic carbocycles. The zero-order valence-electron chi connectivity index (χ0n) is 10.3. The fourth-order valence-corrected chi connectivity index (χ4v) is 1.91. The molecule has 0 unspecified atom stereocenters. The summed E-state index contributed by atoms with van der Waals surface area (Å²) in [5.41, 5.74) is 3.45. The second kappa shape index (κ2) is 6.43. The molecular formula is C15H16ClNO. The van der Waals surface area contributed by atoms with Gasteiger partial charge in [0, 0.05) is 24.4 Å². The molecule has 0 aromatic heterocycles. The molecule has 3 heteroatoms. The number of ether oxygens (including phenoxy) is 1. The number of halogens is 1. The summed E-state index contributed by atoms with van der Waals surface area (Å²) in [7, 11) is 1.70. The Labute approximate surface area is 113 Å². The summed E-state index contributed by atoms with van der Waals surface area (Å²) in [6.45, 7) is 1.44. The third kappa shape index (κ3) is 3.76. The molecule has 1 N–H and O–H groups in total. The van der Waals surface area contributed by atoms with Gasteiger partial charge in [-0.1, -0.05) is 41.9 Å². The molecule has 0 atom stereocenters. The zero-order valence-corrected chi connectivity index (χ0v) is 11.1. The number of nitrogens with one attached hydrogen (secondary N) is 1. The van der Waals surface area contributed by atoms with E-state index in [4.69, 9.17) is 16.3 Å². The number of anilines is 1. The lowest BCUT2D eigenvalue weighted by atomic mass is 10.1. The van der Waals surface area contributed by atoms with Gasteiger partial charge in [-0.2, -0.15) is 0 Å². The summed E-state index contributed by atoms with van der Waals surface area (Å²) in [4.78, 5) is 0. The quantitative estimate of drug-likeness (QED) is 0.875. The SMILES string of the molecule is COCc1ccc(CNc2cccc(Cl)c2)cc1. The Morgan fingerprint density at radius 1 is 1.06 bits per heavy atom. The molecular weight excluding hydrogens is 246 g/mol. The van der Waals surface area contributed by atoms with Crippen LogP contribution in [-0.4, -0.2) is 7.11 Å². The topological polar surface area (TPSA) is 21.3 Å². The Morgan fingerprint density at radius 3 is 2.44 bits per heavy atom. The van der Waals surface area contributed by atoms with Crippen LogP contribution in [0.5, 0.6) is 0 Å². The van der Waals surface area contributed by atoms with Crippen LogP contribution in [0.15, 0.2) is 48.5 Å². The molecule has 0 amide bonds. The first-order chi connectivity index (χ1) is 8.78. The van der Waals surface area contributed by atoms with E-state index in [9.17, 15) is 0 Å². The summed E-state index contributed by atoms with van der Waals surface area (Å²) < 4.78 is 5.08. The van der Waals surface area contributed by atoms with Crippen LogP contribution in [0.25, 0.3) is 0 Å². The molecule has 0 aliphatic rings. The summed E-state index contributed by atoms with van der Waals surface area (Å²) >= 11 is 5.93. The molecule has 18 heavy (non-hydrogen) atoms. The van der Waals surface area contributed by atoms with Crippen molar-refractivity contribution in [3.63, 3.8) is 0 Å². The fraction of sp³-hybridized carbons (Fsp3) is 0.200. The maximum absolute atomic E-state index is 5.93. The van der Waals surface area contributed by atoms with Gasteiger partial charge in [-0.05, 0) is 29.3 Å². The summed E-state index contributed by atoms with van der Waals surface area (Å²) in [5.74, 6) is 0. The third-order valence-corrected chi connectivity index (χ3v) is 2.89. The van der Waals surface area contributed by atoms with Gasteiger partial charge in [0.05, 0.1) is 6.61 Å². The molecule has 2 nitrogen and oxygen atoms in total. The van der Waals surface area contributed by atoms with E-state index in [-0.39, 0.29) is 0 Å². The highest BCUT2D eigenvalue weighted by Gasteiger charge is 1.96. The van der Waals surface area contributed by atoms with Crippen molar-refractivity contribution < 1.29 is 4.74 Å². The van der Waals surface area contributed by atoms with Crippen LogP contribution in [0.3, 0.4) is 0 Å². The average Bonchev–Trinajstić information content (AvgIpc) is 2.38. The smallest absolute Gasteiger partial charge is 0.0713 e. The Bertz CT molecular complexity index is 496. The lowest BCUT2D eigenvalue weighted by Crippen LogP contribution is -1.99. The highest BCUT2D eigenvalue weighted by molar-refractivity contribution is 6.30. The predicted molar refractivity (Wildman–Crippen MR) is 75.9 cm³/mol. The molecule has 94 valence electrons. The van der Waals surface area contributed by atoms with E-state index in [1.807, 2.05) is 24.3 Å². The zero-order chi connectivity index (χ0) is 12.8. The standard InChI is InChI=1S/C15H16ClNO/c1-18-11-13-7-5-12(6-8-13)10-17-15-4-2-3-14(16)9-15/h2-9,17H,10-11H2,1H3. The van der Waals surface area contributed by atoms with Crippen molar-refractivity contribution in [1.82, 2.24) is 0 Å². The lowest BCUT2D eigenvalue weighted by molar-refractivity contribution is 0.185. The van der Waals surface area contributed by atoms with Crippen LogP contribution >= 0.6 is 11.6 Å². The second-order valence-corrected chi connectivity index (χ2v) is 4.55. The molecule has 0 spiro atoms. The van der Waals surface area contributed by atoms with Crippen LogP contribution < -0.4 is 5.32 Å². The maximum atomic E-state index is 5.93. The normalized spacial score (nSPS) is 10.3. The second-order valence-electron chi connectivity index (χ2n) is 4.11. The van der Waals surface area contributed by atoms with Crippen LogP contribution in [0, 0.1) is 0 Å². The average molecular weight is 262 g/mol. The Kier molecular flexibility index (Phi) is 4.62. The summed E-state index contributed by atoms with van der Waals surface area (Å²) in [5, 5.41) is 4.08. The van der Waals surface area contributed by atoms with Crippen LogP contribution in [0.1, 0.15) is 11.1 Å². The Balaban J connectivity index is 1.93. The molecule has 2 aromatic rings. The highest BCUT2D eigenvalue weighted by atomic mass is 35.5. The minimum atomic E-state index is 0.655. The van der Waals surface area contributed by atoms with E-state index in [1.165, 1.54) is 11.1 Å². The maximum Gasteiger partial charge on any atom is 0.0713 e. The molecule has 0 radical (unpaired) electrons. The Hall–Kier alpha value is -1.51. The van der Waals surface area contributed by atoms with Crippen LogP contribution in [-0.2, 0) is 17.9 Å². The van der Waals surface area contributed by atoms with Gasteiger partial charge in [0.25, 0.3) is 0 Å². The van der Waals surface area contributed by atoms with Gasteiger partial charge in [-0.25, -0.2) is 0 Å². The van der Waals surface area contributed by atoms with Crippen molar-refractivity contribution in [2.75, 3.05) is 12.4 Å². The van der Waals surface area contributed by atoms with E-state index in [2.05, 4.69) is 29.6 Å². The van der Waals surface area contributed by atoms with Crippen molar-refractivity contribution in [2.24, 2.45) is 0 Å². The monoisotopic (exact) mass is 261 g/mol. The van der Waals surface area contributed by atoms with Gasteiger partial charge < -0.3 is 10.1 Å². The number of hydrogen-bond acceptors (Lipinski definition) is 2. The van der Waals surface area contributed by atoms with Gasteiger partial charge in [0.1, 0.15) is 0 Å². The first-order valence-corrected chi connectivity index (χ1v) is 6.22. The van der Waals surface area contributed by atoms with Crippen molar-refractivity contribution in [2.45, 2.75) is 13.2 Å². The van der Waals surface area contributed by atoms with Crippen molar-refractivity contribution >= 4 is 17.3 Å². The van der Waals surface area contributed by atoms with Gasteiger partial charge >= 0.3 is 0 Å². The van der Waals surface area contributed by atoms with E-state index in [1.54, 1.807) is 7.11 Å². The minimum absolute atomic E-state index is 0.655. The molecule has 0 aliphatic carbocycles. The van der Waals surface area contributed by atoms with E-state index < -0.39 is 0 Å². The molecule has 0 saturated heterocycles. The predicted octanol–water partition coefficient (Wildman–Crippen LogP) is 4.10. The molecule has 2 rings (SSSR count). The van der Waals surface area contributed by atoms with Crippen LogP contribution in [0.4, 0.5) is 5.69 Å². The van der Waals surface area contributed by atoms with Gasteiger partial charge in [-0.15, -0.1) is 0 Å². The molecule has 0 saturated carbocycles. The Morgan fingerprint density at radius 2 is 1.78 bits per heavy atom. The first kappa shape index (κ1) is 12.9. The fourth-order valence-electron chi connectivity index (χ4n) is 1.72. The third-order valence-electron chi connectivity index (χ3n) is 2.66. The number of benzene rings is 2. The number of hydrogen-bond donors (Lipinski definition) is 1. The molecule has 0 fully saturated rings. The van der Waals surface area contributed by atoms with Crippen molar-refractivity contribution in [3.8, 4) is 0 Å². The summed E-state index contributed by atoms with van der Waals surface area (Å²) in [6.07, 6.45) is 0.